The molecule has 0 radical (unpaired) electrons. The van der Waals surface area contributed by atoms with Crippen molar-refractivity contribution in [3.05, 3.63) is 30.3 Å². The number of hydrogen-bond acceptors (Lipinski definition) is 5. The Balaban J connectivity index is 1.71. The summed E-state index contributed by atoms with van der Waals surface area (Å²) in [6.45, 7) is 0.703. The van der Waals surface area contributed by atoms with Gasteiger partial charge in [0.2, 0.25) is 5.95 Å². The lowest BCUT2D eigenvalue weighted by Crippen LogP contribution is -2.23. The van der Waals surface area contributed by atoms with Gasteiger partial charge in [-0.05, 0) is 35.4 Å². The Morgan fingerprint density at radius 2 is 2.11 bits per heavy atom. The van der Waals surface area contributed by atoms with E-state index in [1.165, 1.54) is 0 Å². The normalized spacial score (nSPS) is 22.6. The summed E-state index contributed by atoms with van der Waals surface area (Å²) < 4.78 is 1.67. The molecule has 100 valence electrons. The Bertz CT molecular complexity index is 527. The lowest BCUT2D eigenvalue weighted by atomic mass is 10.1. The van der Waals surface area contributed by atoms with Crippen molar-refractivity contribution in [1.82, 2.24) is 20.2 Å². The number of nitrogens with one attached hydrogen (secondary N) is 1. The fraction of sp³-hybridized carbons (Fsp3) is 0.462. The summed E-state index contributed by atoms with van der Waals surface area (Å²) in [5, 5.41) is 24.7. The van der Waals surface area contributed by atoms with Gasteiger partial charge in [0, 0.05) is 12.5 Å². The Morgan fingerprint density at radius 3 is 2.84 bits per heavy atom. The van der Waals surface area contributed by atoms with Crippen LogP contribution >= 0.6 is 0 Å². The number of anilines is 1. The number of rotatable bonds is 4. The van der Waals surface area contributed by atoms with Crippen LogP contribution in [0, 0.1) is 5.92 Å². The van der Waals surface area contributed by atoms with Crippen LogP contribution in [0.5, 0.6) is 0 Å². The average molecular weight is 259 g/mol. The zero-order valence-electron chi connectivity index (χ0n) is 10.6. The van der Waals surface area contributed by atoms with E-state index in [0.29, 0.717) is 18.4 Å². The number of nitrogens with zero attached hydrogens (tertiary/aromatic N) is 4. The Kier molecular flexibility index (Phi) is 3.41. The van der Waals surface area contributed by atoms with E-state index in [4.69, 9.17) is 0 Å². The molecule has 2 unspecified atom stereocenters. The van der Waals surface area contributed by atoms with E-state index in [0.717, 1.165) is 24.9 Å². The predicted molar refractivity (Wildman–Crippen MR) is 71.0 cm³/mol. The highest BCUT2D eigenvalue weighted by atomic mass is 16.3. The van der Waals surface area contributed by atoms with Gasteiger partial charge >= 0.3 is 0 Å². The summed E-state index contributed by atoms with van der Waals surface area (Å²) in [6.07, 6.45) is 2.85. The standard InChI is InChI=1S/C13H17N5O/c19-12-8-4-5-10(12)9-14-13-15-16-17-18(13)11-6-2-1-3-7-11/h1-3,6-7,10,12,19H,4-5,8-9H2,(H,14,15,17). The van der Waals surface area contributed by atoms with Crippen LogP contribution in [0.15, 0.2) is 30.3 Å². The molecule has 1 aliphatic rings. The summed E-state index contributed by atoms with van der Waals surface area (Å²) >= 11 is 0. The number of aromatic nitrogens is 4. The van der Waals surface area contributed by atoms with Crippen LogP contribution in [0.4, 0.5) is 5.95 Å². The van der Waals surface area contributed by atoms with E-state index in [9.17, 15) is 5.11 Å². The van der Waals surface area contributed by atoms with Crippen molar-refractivity contribution in [2.45, 2.75) is 25.4 Å². The maximum atomic E-state index is 9.81. The number of para-hydroxylation sites is 1. The molecule has 6 heteroatoms. The SMILES string of the molecule is OC1CCCC1CNc1nnnn1-c1ccccc1. The molecule has 1 saturated carbocycles. The minimum Gasteiger partial charge on any atom is -0.393 e. The molecule has 0 aliphatic heterocycles. The largest absolute Gasteiger partial charge is 0.393 e. The van der Waals surface area contributed by atoms with Gasteiger partial charge in [-0.15, -0.1) is 0 Å². The van der Waals surface area contributed by atoms with E-state index < -0.39 is 0 Å². The van der Waals surface area contributed by atoms with E-state index in [1.54, 1.807) is 4.68 Å². The average Bonchev–Trinajstić information content (AvgIpc) is 3.06. The molecule has 1 aromatic carbocycles. The molecule has 19 heavy (non-hydrogen) atoms. The molecule has 0 saturated heterocycles. The number of hydrogen-bond donors (Lipinski definition) is 2. The van der Waals surface area contributed by atoms with Crippen LogP contribution in [-0.4, -0.2) is 38.0 Å². The second-order valence-corrected chi connectivity index (χ2v) is 4.89. The molecule has 0 bridgehead atoms. The fourth-order valence-corrected chi connectivity index (χ4v) is 2.52. The van der Waals surface area contributed by atoms with Gasteiger partial charge in [-0.1, -0.05) is 29.7 Å². The van der Waals surface area contributed by atoms with Crippen molar-refractivity contribution in [2.75, 3.05) is 11.9 Å². The molecule has 2 atom stereocenters. The fourth-order valence-electron chi connectivity index (χ4n) is 2.52. The summed E-state index contributed by atoms with van der Waals surface area (Å²) in [5.41, 5.74) is 0.918. The van der Waals surface area contributed by atoms with Gasteiger partial charge in [0.1, 0.15) is 0 Å². The van der Waals surface area contributed by atoms with Gasteiger partial charge in [0.25, 0.3) is 0 Å². The number of aliphatic hydroxyl groups excluding tert-OH is 1. The van der Waals surface area contributed by atoms with Crippen LogP contribution in [0.2, 0.25) is 0 Å². The third-order valence-electron chi connectivity index (χ3n) is 3.61. The van der Waals surface area contributed by atoms with Crippen molar-refractivity contribution in [2.24, 2.45) is 5.92 Å². The topological polar surface area (TPSA) is 75.9 Å². The molecule has 3 rings (SSSR count). The summed E-state index contributed by atoms with van der Waals surface area (Å²) in [4.78, 5) is 0. The van der Waals surface area contributed by atoms with Gasteiger partial charge in [0.15, 0.2) is 0 Å². The van der Waals surface area contributed by atoms with Crippen LogP contribution < -0.4 is 5.32 Å². The summed E-state index contributed by atoms with van der Waals surface area (Å²) in [5.74, 6) is 0.909. The minimum absolute atomic E-state index is 0.200. The Labute approximate surface area is 111 Å². The molecule has 6 nitrogen and oxygen atoms in total. The number of benzene rings is 1. The highest BCUT2D eigenvalue weighted by Gasteiger charge is 2.25. The summed E-state index contributed by atoms with van der Waals surface area (Å²) in [6, 6.07) is 9.75. The molecular formula is C13H17N5O. The monoisotopic (exact) mass is 259 g/mol. The lowest BCUT2D eigenvalue weighted by Gasteiger charge is -2.15. The molecule has 0 spiro atoms. The molecule has 1 heterocycles. The third kappa shape index (κ3) is 2.58. The van der Waals surface area contributed by atoms with Gasteiger partial charge in [-0.2, -0.15) is 4.68 Å². The van der Waals surface area contributed by atoms with Crippen molar-refractivity contribution in [1.29, 1.82) is 0 Å². The quantitative estimate of drug-likeness (QED) is 0.864. The van der Waals surface area contributed by atoms with E-state index in [1.807, 2.05) is 30.3 Å². The molecule has 1 aromatic heterocycles. The van der Waals surface area contributed by atoms with Crippen LogP contribution in [0.3, 0.4) is 0 Å². The Hall–Kier alpha value is -1.95. The van der Waals surface area contributed by atoms with Crippen LogP contribution in [0.25, 0.3) is 5.69 Å². The van der Waals surface area contributed by atoms with Gasteiger partial charge < -0.3 is 10.4 Å². The molecule has 1 aliphatic carbocycles. The zero-order chi connectivity index (χ0) is 13.1. The van der Waals surface area contributed by atoms with Crippen LogP contribution in [0.1, 0.15) is 19.3 Å². The van der Waals surface area contributed by atoms with Gasteiger partial charge in [-0.3, -0.25) is 0 Å². The minimum atomic E-state index is -0.200. The highest BCUT2D eigenvalue weighted by molar-refractivity contribution is 5.38. The molecule has 1 fully saturated rings. The first-order valence-corrected chi connectivity index (χ1v) is 6.60. The third-order valence-corrected chi connectivity index (χ3v) is 3.61. The Morgan fingerprint density at radius 1 is 1.26 bits per heavy atom. The zero-order valence-corrected chi connectivity index (χ0v) is 10.6. The second kappa shape index (κ2) is 5.36. The molecule has 2 N–H and O–H groups in total. The maximum Gasteiger partial charge on any atom is 0.247 e. The van der Waals surface area contributed by atoms with Gasteiger partial charge in [0.05, 0.1) is 11.8 Å². The van der Waals surface area contributed by atoms with E-state index >= 15 is 0 Å². The number of aliphatic hydroxyl groups is 1. The molecule has 0 amide bonds. The second-order valence-electron chi connectivity index (χ2n) is 4.89. The molecule has 2 aromatic rings. The van der Waals surface area contributed by atoms with Crippen LogP contribution in [-0.2, 0) is 0 Å². The lowest BCUT2D eigenvalue weighted by molar-refractivity contribution is 0.138. The highest BCUT2D eigenvalue weighted by Crippen LogP contribution is 2.25. The van der Waals surface area contributed by atoms with Crippen molar-refractivity contribution in [3.8, 4) is 5.69 Å². The maximum absolute atomic E-state index is 9.81. The van der Waals surface area contributed by atoms with Crippen molar-refractivity contribution < 1.29 is 5.11 Å². The van der Waals surface area contributed by atoms with Gasteiger partial charge in [-0.25, -0.2) is 0 Å². The van der Waals surface area contributed by atoms with E-state index in [2.05, 4.69) is 20.8 Å². The molecular weight excluding hydrogens is 242 g/mol. The first kappa shape index (κ1) is 12.1. The van der Waals surface area contributed by atoms with Crippen molar-refractivity contribution in [3.63, 3.8) is 0 Å². The number of tetrazole rings is 1. The predicted octanol–water partition coefficient (Wildman–Crippen LogP) is 1.24. The van der Waals surface area contributed by atoms with Crippen molar-refractivity contribution >= 4 is 5.95 Å². The summed E-state index contributed by atoms with van der Waals surface area (Å²) in [7, 11) is 0. The first-order chi connectivity index (χ1) is 9.34. The van der Waals surface area contributed by atoms with E-state index in [-0.39, 0.29) is 6.10 Å². The first-order valence-electron chi connectivity index (χ1n) is 6.60. The smallest absolute Gasteiger partial charge is 0.247 e.